The Bertz CT molecular complexity index is 2890. The first kappa shape index (κ1) is 55.1. The third-order valence-corrected chi connectivity index (χ3v) is 11.1. The maximum atomic E-state index is 15.3. The summed E-state index contributed by atoms with van der Waals surface area (Å²) >= 11 is 0. The van der Waals surface area contributed by atoms with Crippen molar-refractivity contribution < 1.29 is 96.7 Å². The Kier molecular flexibility index (Phi) is 18.4. The second-order valence-electron chi connectivity index (χ2n) is 15.8. The first-order valence-electron chi connectivity index (χ1n) is 22.4. The number of carbonyl (C=O) groups is 8. The number of aromatic hydroxyl groups is 4. The van der Waals surface area contributed by atoms with Crippen molar-refractivity contribution in [2.24, 2.45) is 0 Å². The van der Waals surface area contributed by atoms with Gasteiger partial charge in [-0.2, -0.15) is 0 Å². The molecule has 0 spiro atoms. The van der Waals surface area contributed by atoms with Crippen molar-refractivity contribution in [1.29, 1.82) is 0 Å². The highest BCUT2D eigenvalue weighted by atomic mass is 16.6. The highest BCUT2D eigenvalue weighted by Gasteiger charge is 2.48. The number of phenols is 4. The van der Waals surface area contributed by atoms with E-state index in [9.17, 15) is 49.2 Å². The van der Waals surface area contributed by atoms with Crippen molar-refractivity contribution >= 4 is 58.9 Å². The van der Waals surface area contributed by atoms with Gasteiger partial charge in [0.2, 0.25) is 12.2 Å². The third-order valence-electron chi connectivity index (χ3n) is 11.1. The zero-order chi connectivity index (χ0) is 55.1. The first-order chi connectivity index (χ1) is 36.5. The molecular formula is C56H46O20. The summed E-state index contributed by atoms with van der Waals surface area (Å²) in [4.78, 5) is 115. The van der Waals surface area contributed by atoms with Crippen LogP contribution >= 0.6 is 0 Å². The van der Waals surface area contributed by atoms with Gasteiger partial charge in [-0.3, -0.25) is 0 Å². The van der Waals surface area contributed by atoms with Crippen molar-refractivity contribution in [1.82, 2.24) is 0 Å². The largest absolute Gasteiger partial charge is 0.504 e. The molecule has 0 bridgehead atoms. The van der Waals surface area contributed by atoms with Gasteiger partial charge in [0.25, 0.3) is 0 Å². The minimum absolute atomic E-state index is 0.294. The van der Waals surface area contributed by atoms with E-state index in [-0.39, 0.29) is 0 Å². The van der Waals surface area contributed by atoms with Crippen molar-refractivity contribution in [2.75, 3.05) is 28.4 Å². The minimum atomic E-state index is -2.96. The van der Waals surface area contributed by atoms with Crippen LogP contribution in [0.2, 0.25) is 0 Å². The van der Waals surface area contributed by atoms with Gasteiger partial charge in [-0.25, -0.2) is 38.4 Å². The summed E-state index contributed by atoms with van der Waals surface area (Å²) in [7, 11) is 3.29. The molecule has 4 N–H and O–H groups in total. The Hall–Kier alpha value is -10.2. The average Bonchev–Trinajstić information content (AvgIpc) is 3.45. The van der Waals surface area contributed by atoms with Crippen LogP contribution in [0.25, 0.3) is 11.1 Å². The molecule has 0 amide bonds. The lowest BCUT2D eigenvalue weighted by molar-refractivity contribution is -0.193. The maximum absolute atomic E-state index is 15.3. The summed E-state index contributed by atoms with van der Waals surface area (Å²) in [5.41, 5.74) is -4.46. The van der Waals surface area contributed by atoms with Crippen LogP contribution in [0, 0.1) is 0 Å². The number of esters is 8. The summed E-state index contributed by atoms with van der Waals surface area (Å²) in [6.45, 7) is 0. The molecule has 0 saturated carbocycles. The zero-order valence-corrected chi connectivity index (χ0v) is 40.6. The summed E-state index contributed by atoms with van der Waals surface area (Å²) < 4.78 is 43.2. The minimum Gasteiger partial charge on any atom is -0.504 e. The normalized spacial score (nSPS) is 12.3. The fourth-order valence-electron chi connectivity index (χ4n) is 7.42. The molecule has 2 atom stereocenters. The molecular weight excluding hydrogens is 993 g/mol. The summed E-state index contributed by atoms with van der Waals surface area (Å²) in [6.07, 6.45) is -8.78. The van der Waals surface area contributed by atoms with Crippen molar-refractivity contribution in [3.05, 3.63) is 202 Å². The van der Waals surface area contributed by atoms with Crippen LogP contribution < -0.4 is 0 Å². The predicted octanol–water partition coefficient (Wildman–Crippen LogP) is 5.90. The summed E-state index contributed by atoms with van der Waals surface area (Å²) in [5.74, 6) is -16.7. The lowest BCUT2D eigenvalue weighted by atomic mass is 9.98. The molecule has 0 aliphatic carbocycles. The second-order valence-corrected chi connectivity index (χ2v) is 15.8. The molecule has 0 fully saturated rings. The van der Waals surface area contributed by atoms with Gasteiger partial charge in [-0.05, 0) is 57.6 Å². The molecule has 6 aromatic rings. The molecule has 390 valence electrons. The van der Waals surface area contributed by atoms with Gasteiger partial charge >= 0.3 is 47.8 Å². The number of hydrogen-bond acceptors (Lipinski definition) is 20. The van der Waals surface area contributed by atoms with Crippen molar-refractivity contribution in [3.8, 4) is 23.0 Å². The van der Waals surface area contributed by atoms with Crippen LogP contribution in [0.5, 0.6) is 23.0 Å². The monoisotopic (exact) mass is 1040 g/mol. The smallest absolute Gasteiger partial charge is 0.353 e. The van der Waals surface area contributed by atoms with Gasteiger partial charge in [0.1, 0.15) is 0 Å². The van der Waals surface area contributed by atoms with E-state index in [1.807, 2.05) is 0 Å². The van der Waals surface area contributed by atoms with E-state index in [2.05, 4.69) is 0 Å². The molecule has 0 aromatic heterocycles. The number of benzene rings is 6. The van der Waals surface area contributed by atoms with E-state index in [4.69, 9.17) is 37.9 Å². The van der Waals surface area contributed by atoms with Crippen molar-refractivity contribution in [2.45, 2.75) is 24.4 Å². The number of rotatable bonds is 19. The molecule has 0 radical (unpaired) electrons. The van der Waals surface area contributed by atoms with Crippen LogP contribution in [-0.2, 0) is 76.3 Å². The molecule has 6 aromatic carbocycles. The van der Waals surface area contributed by atoms with Crippen LogP contribution in [0.15, 0.2) is 169 Å². The lowest BCUT2D eigenvalue weighted by Gasteiger charge is -2.29. The quantitative estimate of drug-likeness (QED) is 0.0183. The maximum Gasteiger partial charge on any atom is 0.353 e. The summed E-state index contributed by atoms with van der Waals surface area (Å²) in [6, 6.07) is 37.1. The highest BCUT2D eigenvalue weighted by Crippen LogP contribution is 2.35. The number of methoxy groups -OCH3 is 4. The van der Waals surface area contributed by atoms with Gasteiger partial charge in [-0.1, -0.05) is 133 Å². The Morgan fingerprint density at radius 2 is 0.605 bits per heavy atom. The van der Waals surface area contributed by atoms with Gasteiger partial charge in [0.05, 0.1) is 39.6 Å². The Balaban J connectivity index is 1.66. The molecule has 20 heteroatoms. The van der Waals surface area contributed by atoms with Gasteiger partial charge < -0.3 is 58.3 Å². The topological polar surface area (TPSA) is 291 Å². The fraction of sp³-hybridized carbons (Fsp3) is 0.143. The first-order valence-corrected chi connectivity index (χ1v) is 22.4. The molecule has 76 heavy (non-hydrogen) atoms. The number of carbonyl (C=O) groups excluding carboxylic acids is 8. The van der Waals surface area contributed by atoms with E-state index >= 15 is 9.59 Å². The zero-order valence-electron chi connectivity index (χ0n) is 40.6. The van der Waals surface area contributed by atoms with E-state index in [1.54, 1.807) is 121 Å². The SMILES string of the molecule is COC(=O)C(C(=O)OC(C(=O)OC(c1ccccc1)c1ccccc1)C(OC(=O)C(C(=O)OC)=C(C(=O)OC)c1ccc(O)c(O)c1)C(=O)OC(c1ccccc1)c1ccccc1)=C(C(=O)OC)c1ccc(O)c(O)c1. The molecule has 0 aliphatic heterocycles. The predicted molar refractivity (Wildman–Crippen MR) is 263 cm³/mol. The van der Waals surface area contributed by atoms with Gasteiger partial charge in [0.15, 0.2) is 46.4 Å². The van der Waals surface area contributed by atoms with Crippen molar-refractivity contribution in [3.63, 3.8) is 0 Å². The summed E-state index contributed by atoms with van der Waals surface area (Å²) in [5, 5.41) is 41.1. The Morgan fingerprint density at radius 1 is 0.329 bits per heavy atom. The average molecular weight is 1040 g/mol. The number of ether oxygens (including phenoxy) is 8. The molecule has 2 unspecified atom stereocenters. The van der Waals surface area contributed by atoms with Crippen LogP contribution in [0.1, 0.15) is 45.6 Å². The van der Waals surface area contributed by atoms with Crippen LogP contribution in [0.3, 0.4) is 0 Å². The van der Waals surface area contributed by atoms with E-state index in [0.717, 1.165) is 64.8 Å². The second kappa shape index (κ2) is 25.4. The standard InChI is InChI=1S/C56H46O20/c1-69-49(61)41(35-25-27-37(57)39(59)29-35)43(51(63)71-3)53(65)75-47(55(67)73-45(31-17-9-5-10-18-31)32-19-11-6-12-20-32)48(56(68)74-46(33-21-13-7-14-22-33)34-23-15-8-16-24-34)76-54(66)44(52(64)72-4)42(50(62)70-2)36-26-28-38(58)40(60)30-36/h5-30,45-48,57-60H,1-4H3. The molecule has 0 saturated heterocycles. The van der Waals surface area contributed by atoms with Gasteiger partial charge in [-0.15, -0.1) is 0 Å². The van der Waals surface area contributed by atoms with Crippen LogP contribution in [-0.4, -0.2) is 109 Å². The fourth-order valence-corrected chi connectivity index (χ4v) is 7.42. The lowest BCUT2D eigenvalue weighted by Crippen LogP contribution is -2.49. The van der Waals surface area contributed by atoms with E-state index in [0.29, 0.717) is 22.3 Å². The molecule has 0 aliphatic rings. The van der Waals surface area contributed by atoms with E-state index < -0.39 is 129 Å². The highest BCUT2D eigenvalue weighted by molar-refractivity contribution is 6.33. The molecule has 6 rings (SSSR count). The Morgan fingerprint density at radius 3 is 0.855 bits per heavy atom. The third kappa shape index (κ3) is 12.9. The van der Waals surface area contributed by atoms with Gasteiger partial charge in [0, 0.05) is 0 Å². The molecule has 0 heterocycles. The molecule has 20 nitrogen and oxygen atoms in total. The number of hydrogen-bond donors (Lipinski definition) is 4. The Labute approximate surface area is 432 Å². The van der Waals surface area contributed by atoms with E-state index in [1.165, 1.54) is 0 Å². The number of phenolic OH excluding ortho intramolecular Hbond substituents is 4. The van der Waals surface area contributed by atoms with Crippen LogP contribution in [0.4, 0.5) is 0 Å².